The van der Waals surface area contributed by atoms with Gasteiger partial charge in [-0.2, -0.15) is 10.1 Å². The van der Waals surface area contributed by atoms with Gasteiger partial charge in [-0.15, -0.1) is 0 Å². The van der Waals surface area contributed by atoms with E-state index in [1.807, 2.05) is 6.92 Å². The van der Waals surface area contributed by atoms with E-state index in [1.54, 1.807) is 18.4 Å². The van der Waals surface area contributed by atoms with Crippen LogP contribution in [0.15, 0.2) is 4.79 Å². The van der Waals surface area contributed by atoms with E-state index >= 15 is 0 Å². The summed E-state index contributed by atoms with van der Waals surface area (Å²) in [4.78, 5) is 18.3. The molecule has 0 aliphatic rings. The van der Waals surface area contributed by atoms with Crippen molar-refractivity contribution in [2.24, 2.45) is 0 Å². The molecule has 0 atom stereocenters. The van der Waals surface area contributed by atoms with Gasteiger partial charge in [0.05, 0.1) is 5.69 Å². The van der Waals surface area contributed by atoms with Gasteiger partial charge in [0.25, 0.3) is 5.56 Å². The number of rotatable bonds is 1. The van der Waals surface area contributed by atoms with Crippen molar-refractivity contribution in [3.63, 3.8) is 0 Å². The maximum atomic E-state index is 11.5. The van der Waals surface area contributed by atoms with Crippen molar-refractivity contribution in [2.45, 2.75) is 27.2 Å². The molecule has 0 radical (unpaired) electrons. The Bertz CT molecular complexity index is 537. The van der Waals surface area contributed by atoms with E-state index in [2.05, 4.69) is 15.1 Å². The summed E-state index contributed by atoms with van der Waals surface area (Å²) in [5.74, 6) is 1.19. The summed E-state index contributed by atoms with van der Waals surface area (Å²) in [7, 11) is 0. The minimum atomic E-state index is -0.0817. The average Bonchev–Trinajstić information content (AvgIpc) is 2.47. The lowest BCUT2D eigenvalue weighted by Crippen LogP contribution is -2.17. The van der Waals surface area contributed by atoms with Crippen molar-refractivity contribution in [3.8, 4) is 0 Å². The molecular formula is C9H12N4O. The molecule has 74 valence electrons. The summed E-state index contributed by atoms with van der Waals surface area (Å²) >= 11 is 0. The quantitative estimate of drug-likeness (QED) is 0.719. The number of nitrogens with one attached hydrogen (secondary N) is 1. The van der Waals surface area contributed by atoms with Crippen molar-refractivity contribution in [2.75, 3.05) is 0 Å². The van der Waals surface area contributed by atoms with Crippen LogP contribution >= 0.6 is 0 Å². The highest BCUT2D eigenvalue weighted by molar-refractivity contribution is 5.32. The molecule has 0 saturated heterocycles. The third kappa shape index (κ3) is 1.13. The molecule has 0 unspecified atom stereocenters. The maximum Gasteiger partial charge on any atom is 0.255 e. The Morgan fingerprint density at radius 1 is 1.43 bits per heavy atom. The number of H-pyrrole nitrogens is 1. The van der Waals surface area contributed by atoms with Gasteiger partial charge in [0, 0.05) is 5.56 Å². The van der Waals surface area contributed by atoms with Gasteiger partial charge in [-0.3, -0.25) is 9.78 Å². The van der Waals surface area contributed by atoms with Crippen molar-refractivity contribution < 1.29 is 0 Å². The number of fused-ring (bicyclic) bond motifs is 1. The molecule has 2 aromatic heterocycles. The topological polar surface area (TPSA) is 63.0 Å². The van der Waals surface area contributed by atoms with Gasteiger partial charge in [0.2, 0.25) is 5.78 Å². The summed E-state index contributed by atoms with van der Waals surface area (Å²) in [6, 6.07) is 0. The number of nitrogens with zero attached hydrogens (tertiary/aromatic N) is 3. The van der Waals surface area contributed by atoms with E-state index < -0.39 is 0 Å². The predicted molar refractivity (Wildman–Crippen MR) is 52.5 cm³/mol. The molecule has 0 aliphatic carbocycles. The zero-order chi connectivity index (χ0) is 10.3. The average molecular weight is 192 g/mol. The first-order valence-corrected chi connectivity index (χ1v) is 4.58. The fraction of sp³-hybridized carbons (Fsp3) is 0.444. The summed E-state index contributed by atoms with van der Waals surface area (Å²) in [5.41, 5.74) is 1.55. The van der Waals surface area contributed by atoms with Crippen LogP contribution in [0.3, 0.4) is 0 Å². The summed E-state index contributed by atoms with van der Waals surface area (Å²) in [5, 5.41) is 4.22. The van der Waals surface area contributed by atoms with Gasteiger partial charge < -0.3 is 0 Å². The van der Waals surface area contributed by atoms with Crippen molar-refractivity contribution in [1.29, 1.82) is 0 Å². The van der Waals surface area contributed by atoms with Gasteiger partial charge in [-0.1, -0.05) is 6.92 Å². The molecule has 0 spiro atoms. The second-order valence-electron chi connectivity index (χ2n) is 3.27. The maximum absolute atomic E-state index is 11.5. The fourth-order valence-electron chi connectivity index (χ4n) is 1.58. The Morgan fingerprint density at radius 3 is 2.79 bits per heavy atom. The zero-order valence-corrected chi connectivity index (χ0v) is 8.46. The Balaban J connectivity index is 2.95. The lowest BCUT2D eigenvalue weighted by molar-refractivity contribution is 0.817. The van der Waals surface area contributed by atoms with Crippen molar-refractivity contribution in [3.05, 3.63) is 27.4 Å². The largest absolute Gasteiger partial charge is 0.291 e. The van der Waals surface area contributed by atoms with Crippen LogP contribution in [0.2, 0.25) is 0 Å². The van der Waals surface area contributed by atoms with Crippen LogP contribution in [-0.4, -0.2) is 19.6 Å². The molecule has 5 heteroatoms. The van der Waals surface area contributed by atoms with Crippen LogP contribution in [0, 0.1) is 13.8 Å². The number of aryl methyl sites for hydroxylation is 2. The summed E-state index contributed by atoms with van der Waals surface area (Å²) < 4.78 is 1.70. The second-order valence-corrected chi connectivity index (χ2v) is 3.27. The van der Waals surface area contributed by atoms with Crippen LogP contribution in [0.4, 0.5) is 0 Å². The molecule has 0 bridgehead atoms. The normalized spacial score (nSPS) is 11.1. The lowest BCUT2D eigenvalue weighted by Gasteiger charge is -2.03. The first-order valence-electron chi connectivity index (χ1n) is 4.58. The first-order chi connectivity index (χ1) is 6.63. The van der Waals surface area contributed by atoms with Gasteiger partial charge in [-0.25, -0.2) is 4.52 Å². The minimum Gasteiger partial charge on any atom is -0.291 e. The molecule has 0 amide bonds. The molecule has 0 fully saturated rings. The highest BCUT2D eigenvalue weighted by atomic mass is 16.1. The van der Waals surface area contributed by atoms with Crippen LogP contribution < -0.4 is 5.56 Å². The first kappa shape index (κ1) is 8.93. The van der Waals surface area contributed by atoms with E-state index in [0.29, 0.717) is 17.2 Å². The third-order valence-corrected chi connectivity index (χ3v) is 2.30. The van der Waals surface area contributed by atoms with E-state index in [-0.39, 0.29) is 5.56 Å². The summed E-state index contributed by atoms with van der Waals surface area (Å²) in [6.45, 7) is 5.60. The lowest BCUT2D eigenvalue weighted by atomic mass is 10.2. The van der Waals surface area contributed by atoms with Crippen molar-refractivity contribution in [1.82, 2.24) is 19.6 Å². The Morgan fingerprint density at radius 2 is 2.14 bits per heavy atom. The Kier molecular flexibility index (Phi) is 1.87. The Hall–Kier alpha value is -1.65. The smallest absolute Gasteiger partial charge is 0.255 e. The number of aromatic amines is 1. The molecular weight excluding hydrogens is 180 g/mol. The third-order valence-electron chi connectivity index (χ3n) is 2.30. The number of hydrogen-bond acceptors (Lipinski definition) is 3. The molecule has 0 saturated carbocycles. The van der Waals surface area contributed by atoms with E-state index in [4.69, 9.17) is 0 Å². The zero-order valence-electron chi connectivity index (χ0n) is 8.46. The minimum absolute atomic E-state index is 0.0817. The monoisotopic (exact) mass is 192 g/mol. The highest BCUT2D eigenvalue weighted by Crippen LogP contribution is 2.05. The van der Waals surface area contributed by atoms with E-state index in [9.17, 15) is 4.79 Å². The molecule has 14 heavy (non-hydrogen) atoms. The van der Waals surface area contributed by atoms with E-state index in [1.165, 1.54) is 0 Å². The molecule has 5 nitrogen and oxygen atoms in total. The van der Waals surface area contributed by atoms with Gasteiger partial charge in [0.1, 0.15) is 5.82 Å². The molecule has 1 N–H and O–H groups in total. The van der Waals surface area contributed by atoms with E-state index in [0.717, 1.165) is 12.1 Å². The van der Waals surface area contributed by atoms with Gasteiger partial charge >= 0.3 is 0 Å². The van der Waals surface area contributed by atoms with Gasteiger partial charge in [-0.05, 0) is 20.3 Å². The fourth-order valence-corrected chi connectivity index (χ4v) is 1.58. The molecule has 2 heterocycles. The summed E-state index contributed by atoms with van der Waals surface area (Å²) in [6.07, 6.45) is 0.773. The van der Waals surface area contributed by atoms with Crippen LogP contribution in [0.5, 0.6) is 0 Å². The molecule has 0 aliphatic heterocycles. The van der Waals surface area contributed by atoms with Gasteiger partial charge in [0.15, 0.2) is 0 Å². The predicted octanol–water partition coefficient (Wildman–Crippen LogP) is 0.597. The Labute approximate surface area is 80.8 Å². The number of aromatic nitrogens is 4. The second kappa shape index (κ2) is 2.94. The molecule has 0 aromatic carbocycles. The van der Waals surface area contributed by atoms with Crippen molar-refractivity contribution >= 4 is 5.78 Å². The van der Waals surface area contributed by atoms with Crippen LogP contribution in [-0.2, 0) is 6.42 Å². The SMILES string of the molecule is CCc1c(C)c(=O)[nH]c2nc(C)nn12. The molecule has 2 rings (SSSR count). The van der Waals surface area contributed by atoms with Crippen LogP contribution in [0.1, 0.15) is 24.0 Å². The van der Waals surface area contributed by atoms with Crippen LogP contribution in [0.25, 0.3) is 5.78 Å². The number of hydrogen-bond donors (Lipinski definition) is 1. The molecule has 2 aromatic rings. The highest BCUT2D eigenvalue weighted by Gasteiger charge is 2.09. The standard InChI is InChI=1S/C9H12N4O/c1-4-7-5(2)8(14)11-9-10-6(3)12-13(7)9/h4H2,1-3H3,(H,10,11,12,14).